The molecule has 0 radical (unpaired) electrons. The molecule has 0 spiro atoms. The summed E-state index contributed by atoms with van der Waals surface area (Å²) in [7, 11) is 0. The van der Waals surface area contributed by atoms with Crippen molar-refractivity contribution in [3.8, 4) is 0 Å². The smallest absolute Gasteiger partial charge is 0.227 e. The molecular formula is C25H31N5O. The van der Waals surface area contributed by atoms with Crippen molar-refractivity contribution in [3.05, 3.63) is 65.9 Å². The first kappa shape index (κ1) is 21.0. The van der Waals surface area contributed by atoms with Gasteiger partial charge in [-0.05, 0) is 55.5 Å². The Labute approximate surface area is 183 Å². The molecule has 2 aromatic carbocycles. The van der Waals surface area contributed by atoms with Gasteiger partial charge in [0.15, 0.2) is 5.96 Å². The molecule has 0 bridgehead atoms. The van der Waals surface area contributed by atoms with E-state index in [0.29, 0.717) is 6.54 Å². The maximum atomic E-state index is 12.2. The molecule has 1 heterocycles. The number of rotatable bonds is 8. The second-order valence-corrected chi connectivity index (χ2v) is 8.05. The van der Waals surface area contributed by atoms with Gasteiger partial charge >= 0.3 is 0 Å². The highest BCUT2D eigenvalue weighted by Gasteiger charge is 2.25. The van der Waals surface area contributed by atoms with Crippen LogP contribution in [0.25, 0.3) is 10.9 Å². The maximum absolute atomic E-state index is 12.2. The van der Waals surface area contributed by atoms with Gasteiger partial charge < -0.3 is 20.9 Å². The third kappa shape index (κ3) is 5.45. The minimum atomic E-state index is 0.138. The van der Waals surface area contributed by atoms with Crippen LogP contribution in [-0.4, -0.2) is 29.9 Å². The predicted molar refractivity (Wildman–Crippen MR) is 127 cm³/mol. The molecular weight excluding hydrogens is 386 g/mol. The standard InChI is InChI=1S/C25H31N5O/c1-2-26-25(27-14-13-20-17-28-23-12-4-3-11-22(20)23)29-16-18-7-5-10-21(15-18)30-24(31)19-8-6-9-19/h3-5,7,10-12,15,17,19,28H,2,6,8-9,13-14,16H2,1H3,(H,30,31)(H2,26,27,29). The quantitative estimate of drug-likeness (QED) is 0.327. The lowest BCUT2D eigenvalue weighted by atomic mass is 9.85. The number of hydrogen-bond donors (Lipinski definition) is 4. The average molecular weight is 418 g/mol. The molecule has 6 heteroatoms. The summed E-state index contributed by atoms with van der Waals surface area (Å²) in [5, 5.41) is 11.0. The molecule has 0 saturated heterocycles. The first-order valence-corrected chi connectivity index (χ1v) is 11.2. The van der Waals surface area contributed by atoms with E-state index >= 15 is 0 Å². The van der Waals surface area contributed by atoms with Gasteiger partial charge in [0.1, 0.15) is 0 Å². The van der Waals surface area contributed by atoms with Crippen LogP contribution in [0.15, 0.2) is 59.7 Å². The maximum Gasteiger partial charge on any atom is 0.227 e. The minimum Gasteiger partial charge on any atom is -0.361 e. The van der Waals surface area contributed by atoms with Crippen LogP contribution in [0.2, 0.25) is 0 Å². The second kappa shape index (κ2) is 10.2. The van der Waals surface area contributed by atoms with E-state index in [0.717, 1.165) is 56.0 Å². The Kier molecular flexibility index (Phi) is 6.87. The van der Waals surface area contributed by atoms with E-state index in [2.05, 4.69) is 52.3 Å². The number of nitrogens with one attached hydrogen (secondary N) is 4. The van der Waals surface area contributed by atoms with Crippen LogP contribution in [0, 0.1) is 5.92 Å². The molecule has 31 heavy (non-hydrogen) atoms. The Hall–Kier alpha value is -3.28. The minimum absolute atomic E-state index is 0.138. The van der Waals surface area contributed by atoms with Crippen molar-refractivity contribution in [2.75, 3.05) is 18.4 Å². The monoisotopic (exact) mass is 417 g/mol. The molecule has 162 valence electrons. The largest absolute Gasteiger partial charge is 0.361 e. The van der Waals surface area contributed by atoms with Crippen molar-refractivity contribution in [1.29, 1.82) is 0 Å². The van der Waals surface area contributed by atoms with Crippen molar-refractivity contribution in [2.24, 2.45) is 10.9 Å². The van der Waals surface area contributed by atoms with Gasteiger partial charge in [-0.25, -0.2) is 4.99 Å². The number of nitrogens with zero attached hydrogens (tertiary/aromatic N) is 1. The third-order valence-corrected chi connectivity index (χ3v) is 5.80. The van der Waals surface area contributed by atoms with Crippen LogP contribution in [0.1, 0.15) is 37.3 Å². The fourth-order valence-electron chi connectivity index (χ4n) is 3.83. The van der Waals surface area contributed by atoms with Crippen molar-refractivity contribution in [1.82, 2.24) is 15.6 Å². The summed E-state index contributed by atoms with van der Waals surface area (Å²) in [5.74, 6) is 1.12. The molecule has 0 aliphatic heterocycles. The molecule has 3 aromatic rings. The lowest BCUT2D eigenvalue weighted by Crippen LogP contribution is -2.38. The number of H-pyrrole nitrogens is 1. The van der Waals surface area contributed by atoms with Gasteiger partial charge in [-0.3, -0.25) is 4.79 Å². The van der Waals surface area contributed by atoms with Crippen molar-refractivity contribution in [3.63, 3.8) is 0 Å². The number of amides is 1. The number of benzene rings is 2. The van der Waals surface area contributed by atoms with Crippen molar-refractivity contribution in [2.45, 2.75) is 39.2 Å². The molecule has 1 aliphatic carbocycles. The van der Waals surface area contributed by atoms with E-state index < -0.39 is 0 Å². The number of aromatic nitrogens is 1. The molecule has 1 aliphatic rings. The number of carbonyl (C=O) groups is 1. The SMILES string of the molecule is CCNC(=NCc1cccc(NC(=O)C2CCC2)c1)NCCc1c[nH]c2ccccc12. The van der Waals surface area contributed by atoms with Crippen LogP contribution < -0.4 is 16.0 Å². The number of aliphatic imine (C=N–C) groups is 1. The molecule has 1 saturated carbocycles. The van der Waals surface area contributed by atoms with Crippen LogP contribution in [0.5, 0.6) is 0 Å². The van der Waals surface area contributed by atoms with Gasteiger partial charge in [0.25, 0.3) is 0 Å². The normalized spacial score (nSPS) is 14.3. The van der Waals surface area contributed by atoms with Gasteiger partial charge in [0.2, 0.25) is 5.91 Å². The van der Waals surface area contributed by atoms with Gasteiger partial charge in [-0.15, -0.1) is 0 Å². The predicted octanol–water partition coefficient (Wildman–Crippen LogP) is 4.20. The highest BCUT2D eigenvalue weighted by Crippen LogP contribution is 2.27. The molecule has 1 fully saturated rings. The van der Waals surface area contributed by atoms with Crippen LogP contribution in [0.4, 0.5) is 5.69 Å². The molecule has 1 amide bonds. The van der Waals surface area contributed by atoms with E-state index in [4.69, 9.17) is 4.99 Å². The summed E-state index contributed by atoms with van der Waals surface area (Å²) in [6.07, 6.45) is 6.17. The average Bonchev–Trinajstić information content (AvgIpc) is 3.14. The molecule has 4 N–H and O–H groups in total. The molecule has 4 rings (SSSR count). The molecule has 6 nitrogen and oxygen atoms in total. The zero-order chi connectivity index (χ0) is 21.5. The van der Waals surface area contributed by atoms with Gasteiger partial charge in [0.05, 0.1) is 6.54 Å². The van der Waals surface area contributed by atoms with Crippen LogP contribution in [0.3, 0.4) is 0 Å². The molecule has 1 aromatic heterocycles. The summed E-state index contributed by atoms with van der Waals surface area (Å²) >= 11 is 0. The Morgan fingerprint density at radius 2 is 2.00 bits per heavy atom. The van der Waals surface area contributed by atoms with E-state index in [9.17, 15) is 4.79 Å². The van der Waals surface area contributed by atoms with Gasteiger partial charge in [0, 0.05) is 41.8 Å². The fourth-order valence-corrected chi connectivity index (χ4v) is 3.83. The van der Waals surface area contributed by atoms with Crippen molar-refractivity contribution < 1.29 is 4.79 Å². The summed E-state index contributed by atoms with van der Waals surface area (Å²) in [6.45, 7) is 4.21. The summed E-state index contributed by atoms with van der Waals surface area (Å²) in [5.41, 5.74) is 4.39. The number of anilines is 1. The zero-order valence-corrected chi connectivity index (χ0v) is 18.1. The highest BCUT2D eigenvalue weighted by molar-refractivity contribution is 5.93. The van der Waals surface area contributed by atoms with E-state index in [-0.39, 0.29) is 11.8 Å². The summed E-state index contributed by atoms with van der Waals surface area (Å²) < 4.78 is 0. The lowest BCUT2D eigenvalue weighted by molar-refractivity contribution is -0.122. The Balaban J connectivity index is 1.33. The number of hydrogen-bond acceptors (Lipinski definition) is 2. The van der Waals surface area contributed by atoms with E-state index in [1.807, 2.05) is 30.3 Å². The number of guanidine groups is 1. The highest BCUT2D eigenvalue weighted by atomic mass is 16.1. The number of fused-ring (bicyclic) bond motifs is 1. The topological polar surface area (TPSA) is 81.3 Å². The Bertz CT molecular complexity index is 1050. The Morgan fingerprint density at radius 1 is 1.13 bits per heavy atom. The number of aromatic amines is 1. The first-order chi connectivity index (χ1) is 15.2. The summed E-state index contributed by atoms with van der Waals surface area (Å²) in [6, 6.07) is 16.3. The molecule has 0 atom stereocenters. The van der Waals surface area contributed by atoms with Gasteiger partial charge in [-0.1, -0.05) is 36.8 Å². The third-order valence-electron chi connectivity index (χ3n) is 5.80. The summed E-state index contributed by atoms with van der Waals surface area (Å²) in [4.78, 5) is 20.2. The van der Waals surface area contributed by atoms with Crippen LogP contribution in [-0.2, 0) is 17.8 Å². The van der Waals surface area contributed by atoms with Gasteiger partial charge in [-0.2, -0.15) is 0 Å². The van der Waals surface area contributed by atoms with E-state index in [1.165, 1.54) is 16.5 Å². The molecule has 0 unspecified atom stereocenters. The number of carbonyl (C=O) groups excluding carboxylic acids is 1. The second-order valence-electron chi connectivity index (χ2n) is 8.05. The van der Waals surface area contributed by atoms with Crippen LogP contribution >= 0.6 is 0 Å². The first-order valence-electron chi connectivity index (χ1n) is 11.2. The van der Waals surface area contributed by atoms with E-state index in [1.54, 1.807) is 0 Å². The zero-order valence-electron chi connectivity index (χ0n) is 18.1. The Morgan fingerprint density at radius 3 is 2.81 bits per heavy atom. The lowest BCUT2D eigenvalue weighted by Gasteiger charge is -2.24. The number of para-hydroxylation sites is 1. The fraction of sp³-hybridized carbons (Fsp3) is 0.360. The van der Waals surface area contributed by atoms with Crippen molar-refractivity contribution >= 4 is 28.5 Å².